The van der Waals surface area contributed by atoms with Crippen molar-refractivity contribution < 1.29 is 14.3 Å². The second-order valence-corrected chi connectivity index (χ2v) is 6.48. The van der Waals surface area contributed by atoms with E-state index in [4.69, 9.17) is 10.00 Å². The smallest absolute Gasteiger partial charge is 0.319 e. The van der Waals surface area contributed by atoms with Crippen molar-refractivity contribution in [3.8, 4) is 11.8 Å². The lowest BCUT2D eigenvalue weighted by Gasteiger charge is -2.15. The Morgan fingerprint density at radius 2 is 1.86 bits per heavy atom. The van der Waals surface area contributed by atoms with Gasteiger partial charge in [0.15, 0.2) is 6.61 Å². The first-order valence-electron chi connectivity index (χ1n) is 9.18. The Balaban J connectivity index is 1.51. The van der Waals surface area contributed by atoms with Crippen LogP contribution in [0.2, 0.25) is 0 Å². The van der Waals surface area contributed by atoms with Gasteiger partial charge in [-0.2, -0.15) is 5.26 Å². The standard InChI is InChI=1S/C21H22N4O3/c22-10-13-28-19-8-6-18(7-9-19)24-21(27)23-15-16-4-3-5-17(14-16)20(26)25-11-1-2-12-25/h3-9,14H,1-2,11-13,15H2,(H2,23,24,27). The van der Waals surface area contributed by atoms with Crippen LogP contribution in [-0.2, 0) is 6.54 Å². The van der Waals surface area contributed by atoms with Crippen LogP contribution in [0.25, 0.3) is 0 Å². The fraction of sp³-hybridized carbons (Fsp3) is 0.286. The van der Waals surface area contributed by atoms with E-state index in [2.05, 4.69) is 10.6 Å². The molecule has 3 amide bonds. The predicted octanol–water partition coefficient (Wildman–Crippen LogP) is 3.15. The third kappa shape index (κ3) is 5.24. The average molecular weight is 378 g/mol. The van der Waals surface area contributed by atoms with Gasteiger partial charge in [-0.15, -0.1) is 0 Å². The number of benzene rings is 2. The molecule has 1 saturated heterocycles. The molecule has 0 aliphatic carbocycles. The molecule has 7 nitrogen and oxygen atoms in total. The number of nitrogens with one attached hydrogen (secondary N) is 2. The highest BCUT2D eigenvalue weighted by atomic mass is 16.5. The zero-order chi connectivity index (χ0) is 19.8. The molecule has 0 saturated carbocycles. The molecular formula is C21H22N4O3. The molecular weight excluding hydrogens is 356 g/mol. The molecule has 7 heteroatoms. The monoisotopic (exact) mass is 378 g/mol. The normalized spacial score (nSPS) is 12.9. The summed E-state index contributed by atoms with van der Waals surface area (Å²) in [7, 11) is 0. The van der Waals surface area contributed by atoms with E-state index in [1.807, 2.05) is 29.2 Å². The van der Waals surface area contributed by atoms with E-state index in [-0.39, 0.29) is 18.5 Å². The Kier molecular flexibility index (Phi) is 6.47. The SMILES string of the molecule is N#CCOc1ccc(NC(=O)NCc2cccc(C(=O)N3CCCC3)c2)cc1. The largest absolute Gasteiger partial charge is 0.479 e. The molecule has 0 spiro atoms. The van der Waals surface area contributed by atoms with Gasteiger partial charge in [-0.3, -0.25) is 4.79 Å². The molecule has 0 unspecified atom stereocenters. The van der Waals surface area contributed by atoms with E-state index in [0.717, 1.165) is 31.5 Å². The quantitative estimate of drug-likeness (QED) is 0.807. The minimum Gasteiger partial charge on any atom is -0.479 e. The number of ether oxygens (including phenoxy) is 1. The van der Waals surface area contributed by atoms with Gasteiger partial charge in [0.2, 0.25) is 0 Å². The number of carbonyl (C=O) groups excluding carboxylic acids is 2. The summed E-state index contributed by atoms with van der Waals surface area (Å²) in [6.45, 7) is 1.91. The summed E-state index contributed by atoms with van der Waals surface area (Å²) in [4.78, 5) is 26.4. The number of anilines is 1. The van der Waals surface area contributed by atoms with Gasteiger partial charge in [-0.25, -0.2) is 4.79 Å². The maximum Gasteiger partial charge on any atom is 0.319 e. The van der Waals surface area contributed by atoms with Gasteiger partial charge < -0.3 is 20.3 Å². The topological polar surface area (TPSA) is 94.5 Å². The second-order valence-electron chi connectivity index (χ2n) is 6.48. The molecule has 0 aromatic heterocycles. The van der Waals surface area contributed by atoms with Crippen molar-refractivity contribution in [2.24, 2.45) is 0 Å². The Labute approximate surface area is 163 Å². The molecule has 2 N–H and O–H groups in total. The summed E-state index contributed by atoms with van der Waals surface area (Å²) >= 11 is 0. The number of amides is 3. The van der Waals surface area contributed by atoms with Crippen molar-refractivity contribution in [1.29, 1.82) is 5.26 Å². The fourth-order valence-corrected chi connectivity index (χ4v) is 3.02. The number of nitriles is 1. The first-order chi connectivity index (χ1) is 13.7. The van der Waals surface area contributed by atoms with Gasteiger partial charge >= 0.3 is 6.03 Å². The van der Waals surface area contributed by atoms with Crippen LogP contribution in [0.5, 0.6) is 5.75 Å². The number of nitrogens with zero attached hydrogens (tertiary/aromatic N) is 2. The summed E-state index contributed by atoms with van der Waals surface area (Å²) in [6, 6.07) is 15.6. The van der Waals surface area contributed by atoms with Crippen LogP contribution in [0.1, 0.15) is 28.8 Å². The maximum atomic E-state index is 12.5. The molecule has 0 radical (unpaired) electrons. The van der Waals surface area contributed by atoms with Gasteiger partial charge in [-0.05, 0) is 54.8 Å². The lowest BCUT2D eigenvalue weighted by atomic mass is 10.1. The summed E-state index contributed by atoms with van der Waals surface area (Å²) in [5.41, 5.74) is 2.12. The minimum atomic E-state index is -0.345. The van der Waals surface area contributed by atoms with Crippen molar-refractivity contribution in [2.75, 3.05) is 25.0 Å². The van der Waals surface area contributed by atoms with Crippen molar-refractivity contribution in [1.82, 2.24) is 10.2 Å². The van der Waals surface area contributed by atoms with E-state index in [1.165, 1.54) is 0 Å². The summed E-state index contributed by atoms with van der Waals surface area (Å²) < 4.78 is 5.17. The lowest BCUT2D eigenvalue weighted by molar-refractivity contribution is 0.0792. The van der Waals surface area contributed by atoms with Crippen molar-refractivity contribution in [3.05, 3.63) is 59.7 Å². The van der Waals surface area contributed by atoms with Crippen LogP contribution < -0.4 is 15.4 Å². The molecule has 1 fully saturated rings. The average Bonchev–Trinajstić information content (AvgIpc) is 3.26. The number of hydrogen-bond acceptors (Lipinski definition) is 4. The Hall–Kier alpha value is -3.53. The van der Waals surface area contributed by atoms with Gasteiger partial charge in [0.25, 0.3) is 5.91 Å². The van der Waals surface area contributed by atoms with E-state index < -0.39 is 0 Å². The van der Waals surface area contributed by atoms with Gasteiger partial charge in [0.05, 0.1) is 0 Å². The third-order valence-corrected chi connectivity index (χ3v) is 4.44. The Morgan fingerprint density at radius 1 is 1.11 bits per heavy atom. The lowest BCUT2D eigenvalue weighted by Crippen LogP contribution is -2.29. The highest BCUT2D eigenvalue weighted by Crippen LogP contribution is 2.16. The molecule has 2 aromatic carbocycles. The molecule has 28 heavy (non-hydrogen) atoms. The molecule has 0 bridgehead atoms. The number of hydrogen-bond donors (Lipinski definition) is 2. The van der Waals surface area contributed by atoms with E-state index >= 15 is 0 Å². The zero-order valence-electron chi connectivity index (χ0n) is 15.5. The van der Waals surface area contributed by atoms with Crippen LogP contribution in [0.3, 0.4) is 0 Å². The van der Waals surface area contributed by atoms with Crippen molar-refractivity contribution >= 4 is 17.6 Å². The number of likely N-dealkylation sites (tertiary alicyclic amines) is 1. The highest BCUT2D eigenvalue weighted by Gasteiger charge is 2.19. The fourth-order valence-electron chi connectivity index (χ4n) is 3.02. The molecule has 1 aliphatic rings. The molecule has 3 rings (SSSR count). The van der Waals surface area contributed by atoms with Gasteiger partial charge in [0, 0.05) is 30.9 Å². The van der Waals surface area contributed by atoms with E-state index in [9.17, 15) is 9.59 Å². The van der Waals surface area contributed by atoms with E-state index in [0.29, 0.717) is 23.5 Å². The second kappa shape index (κ2) is 9.42. The Morgan fingerprint density at radius 3 is 2.57 bits per heavy atom. The highest BCUT2D eigenvalue weighted by molar-refractivity contribution is 5.94. The van der Waals surface area contributed by atoms with Crippen LogP contribution in [0.15, 0.2) is 48.5 Å². The third-order valence-electron chi connectivity index (χ3n) is 4.44. The summed E-state index contributed by atoms with van der Waals surface area (Å²) in [6.07, 6.45) is 2.11. The molecule has 1 aliphatic heterocycles. The summed E-state index contributed by atoms with van der Waals surface area (Å²) in [5.74, 6) is 0.606. The van der Waals surface area contributed by atoms with Gasteiger partial charge in [-0.1, -0.05) is 12.1 Å². The zero-order valence-corrected chi connectivity index (χ0v) is 15.5. The molecule has 1 heterocycles. The van der Waals surface area contributed by atoms with Crippen molar-refractivity contribution in [3.63, 3.8) is 0 Å². The number of urea groups is 1. The van der Waals surface area contributed by atoms with Crippen LogP contribution in [0.4, 0.5) is 10.5 Å². The summed E-state index contributed by atoms with van der Waals surface area (Å²) in [5, 5.41) is 14.0. The first-order valence-corrected chi connectivity index (χ1v) is 9.18. The Bertz CT molecular complexity index is 868. The van der Waals surface area contributed by atoms with Crippen LogP contribution >= 0.6 is 0 Å². The van der Waals surface area contributed by atoms with Gasteiger partial charge in [0.1, 0.15) is 11.8 Å². The van der Waals surface area contributed by atoms with Crippen LogP contribution in [-0.4, -0.2) is 36.5 Å². The number of rotatable bonds is 6. The van der Waals surface area contributed by atoms with Crippen molar-refractivity contribution in [2.45, 2.75) is 19.4 Å². The molecule has 2 aromatic rings. The van der Waals surface area contributed by atoms with E-state index in [1.54, 1.807) is 30.3 Å². The van der Waals surface area contributed by atoms with Crippen LogP contribution in [0, 0.1) is 11.3 Å². The predicted molar refractivity (Wildman–Crippen MR) is 105 cm³/mol. The number of carbonyl (C=O) groups is 2. The maximum absolute atomic E-state index is 12.5. The molecule has 0 atom stereocenters. The first kappa shape index (κ1) is 19.2. The minimum absolute atomic E-state index is 0.0212. The molecule has 144 valence electrons.